The molecule has 1 aliphatic rings. The molecule has 3 rings (SSSR count). The average molecular weight is 365 g/mol. The Labute approximate surface area is 134 Å². The maximum atomic E-state index is 12.3. The van der Waals surface area contributed by atoms with Crippen molar-refractivity contribution in [3.8, 4) is 0 Å². The number of carbonyl (C=O) groups excluding carboxylic acids is 2. The van der Waals surface area contributed by atoms with Gasteiger partial charge in [0, 0.05) is 27.9 Å². The van der Waals surface area contributed by atoms with E-state index in [2.05, 4.69) is 26.2 Å². The maximum absolute atomic E-state index is 12.3. The number of amides is 2. The highest BCUT2D eigenvalue weighted by Crippen LogP contribution is 2.40. The molecule has 2 amide bonds. The largest absolute Gasteiger partial charge is 0.296 e. The summed E-state index contributed by atoms with van der Waals surface area (Å²) in [6, 6.07) is 7.65. The van der Waals surface area contributed by atoms with Crippen LogP contribution in [0.25, 0.3) is 0 Å². The standard InChI is InChI=1S/C15H13BrN2O2S/c1-8-7-21-15(17-8)11-6-12(19)18-14(20)13(11)9-3-2-4-10(16)5-9/h2-5,7,11,13H,6H2,1H3,(H,18,19,20). The first kappa shape index (κ1) is 14.4. The van der Waals surface area contributed by atoms with Crippen LogP contribution in [-0.2, 0) is 9.59 Å². The van der Waals surface area contributed by atoms with E-state index in [0.717, 1.165) is 20.7 Å². The highest BCUT2D eigenvalue weighted by molar-refractivity contribution is 9.10. The zero-order valence-corrected chi connectivity index (χ0v) is 13.7. The smallest absolute Gasteiger partial charge is 0.234 e. The molecule has 2 heterocycles. The third-order valence-corrected chi connectivity index (χ3v) is 5.10. The monoisotopic (exact) mass is 364 g/mol. The fourth-order valence-corrected chi connectivity index (χ4v) is 3.97. The Morgan fingerprint density at radius 3 is 2.86 bits per heavy atom. The summed E-state index contributed by atoms with van der Waals surface area (Å²) in [4.78, 5) is 28.6. The topological polar surface area (TPSA) is 59.1 Å². The van der Waals surface area contributed by atoms with Crippen LogP contribution in [-0.4, -0.2) is 16.8 Å². The molecular formula is C15H13BrN2O2S. The van der Waals surface area contributed by atoms with Crippen molar-refractivity contribution in [3.63, 3.8) is 0 Å². The fraction of sp³-hybridized carbons (Fsp3) is 0.267. The van der Waals surface area contributed by atoms with E-state index in [1.54, 1.807) is 0 Å². The predicted octanol–water partition coefficient (Wildman–Crippen LogP) is 3.13. The van der Waals surface area contributed by atoms with Crippen LogP contribution >= 0.6 is 27.3 Å². The van der Waals surface area contributed by atoms with Crippen molar-refractivity contribution >= 4 is 39.1 Å². The number of thiazole rings is 1. The number of aryl methyl sites for hydroxylation is 1. The molecule has 1 aromatic carbocycles. The van der Waals surface area contributed by atoms with Crippen molar-refractivity contribution in [1.82, 2.24) is 10.3 Å². The number of hydrogen-bond acceptors (Lipinski definition) is 4. The Morgan fingerprint density at radius 2 is 2.19 bits per heavy atom. The van der Waals surface area contributed by atoms with Gasteiger partial charge in [0.05, 0.1) is 10.9 Å². The van der Waals surface area contributed by atoms with E-state index < -0.39 is 0 Å². The van der Waals surface area contributed by atoms with Gasteiger partial charge in [-0.05, 0) is 24.6 Å². The number of benzene rings is 1. The van der Waals surface area contributed by atoms with Gasteiger partial charge in [-0.25, -0.2) is 4.98 Å². The third-order valence-electron chi connectivity index (χ3n) is 3.51. The van der Waals surface area contributed by atoms with Crippen LogP contribution in [0.5, 0.6) is 0 Å². The van der Waals surface area contributed by atoms with Gasteiger partial charge in [0.1, 0.15) is 0 Å². The Balaban J connectivity index is 2.04. The number of halogens is 1. The van der Waals surface area contributed by atoms with Crippen molar-refractivity contribution in [2.75, 3.05) is 0 Å². The molecule has 2 atom stereocenters. The molecule has 2 aromatic rings. The number of imide groups is 1. The number of hydrogen-bond donors (Lipinski definition) is 1. The van der Waals surface area contributed by atoms with Crippen LogP contribution < -0.4 is 5.32 Å². The molecule has 108 valence electrons. The molecule has 2 unspecified atom stereocenters. The minimum atomic E-state index is -0.384. The van der Waals surface area contributed by atoms with Crippen molar-refractivity contribution in [2.45, 2.75) is 25.2 Å². The van der Waals surface area contributed by atoms with E-state index >= 15 is 0 Å². The van der Waals surface area contributed by atoms with Crippen LogP contribution in [0.2, 0.25) is 0 Å². The van der Waals surface area contributed by atoms with Crippen molar-refractivity contribution in [3.05, 3.63) is 50.4 Å². The van der Waals surface area contributed by atoms with Gasteiger partial charge in [0.15, 0.2) is 0 Å². The second-order valence-corrected chi connectivity index (χ2v) is 6.89. The van der Waals surface area contributed by atoms with Gasteiger partial charge in [-0.2, -0.15) is 0 Å². The van der Waals surface area contributed by atoms with Crippen molar-refractivity contribution in [1.29, 1.82) is 0 Å². The van der Waals surface area contributed by atoms with Gasteiger partial charge in [-0.1, -0.05) is 28.1 Å². The molecular weight excluding hydrogens is 352 g/mol. The first-order valence-corrected chi connectivity index (χ1v) is 8.23. The first-order chi connectivity index (χ1) is 10.0. The van der Waals surface area contributed by atoms with Gasteiger partial charge in [0.25, 0.3) is 0 Å². The van der Waals surface area contributed by atoms with E-state index in [1.807, 2.05) is 36.6 Å². The zero-order chi connectivity index (χ0) is 15.0. The van der Waals surface area contributed by atoms with Crippen LogP contribution in [0.1, 0.15) is 34.5 Å². The quantitative estimate of drug-likeness (QED) is 0.832. The number of aromatic nitrogens is 1. The molecule has 1 fully saturated rings. The van der Waals surface area contributed by atoms with Crippen molar-refractivity contribution < 1.29 is 9.59 Å². The van der Waals surface area contributed by atoms with Crippen LogP contribution in [0, 0.1) is 6.92 Å². The second kappa shape index (κ2) is 5.69. The summed E-state index contributed by atoms with van der Waals surface area (Å²) >= 11 is 4.94. The lowest BCUT2D eigenvalue weighted by Crippen LogP contribution is -2.43. The predicted molar refractivity (Wildman–Crippen MR) is 84.2 cm³/mol. The van der Waals surface area contributed by atoms with Crippen molar-refractivity contribution in [2.24, 2.45) is 0 Å². The molecule has 21 heavy (non-hydrogen) atoms. The number of nitrogens with one attached hydrogen (secondary N) is 1. The van der Waals surface area contributed by atoms with Gasteiger partial charge >= 0.3 is 0 Å². The lowest BCUT2D eigenvalue weighted by atomic mass is 9.81. The molecule has 0 spiro atoms. The summed E-state index contributed by atoms with van der Waals surface area (Å²) in [5.74, 6) is -1.06. The Hall–Kier alpha value is -1.53. The van der Waals surface area contributed by atoms with Crippen LogP contribution in [0.3, 0.4) is 0 Å². The molecule has 0 saturated carbocycles. The van der Waals surface area contributed by atoms with E-state index in [4.69, 9.17) is 0 Å². The summed E-state index contributed by atoms with van der Waals surface area (Å²) in [7, 11) is 0. The number of nitrogens with zero attached hydrogens (tertiary/aromatic N) is 1. The summed E-state index contributed by atoms with van der Waals surface area (Å²) in [5.41, 5.74) is 1.81. The molecule has 0 radical (unpaired) electrons. The molecule has 1 aromatic heterocycles. The Bertz CT molecular complexity index is 713. The van der Waals surface area contributed by atoms with E-state index in [9.17, 15) is 9.59 Å². The van der Waals surface area contributed by atoms with Gasteiger partial charge < -0.3 is 0 Å². The van der Waals surface area contributed by atoms with E-state index in [1.165, 1.54) is 11.3 Å². The average Bonchev–Trinajstić information content (AvgIpc) is 2.84. The van der Waals surface area contributed by atoms with Gasteiger partial charge in [-0.3, -0.25) is 14.9 Å². The molecule has 6 heteroatoms. The van der Waals surface area contributed by atoms with E-state index in [0.29, 0.717) is 0 Å². The van der Waals surface area contributed by atoms with Gasteiger partial charge in [-0.15, -0.1) is 11.3 Å². The first-order valence-electron chi connectivity index (χ1n) is 6.56. The maximum Gasteiger partial charge on any atom is 0.234 e. The summed E-state index contributed by atoms with van der Waals surface area (Å²) in [6.07, 6.45) is 0.288. The zero-order valence-electron chi connectivity index (χ0n) is 11.3. The highest BCUT2D eigenvalue weighted by Gasteiger charge is 2.39. The lowest BCUT2D eigenvalue weighted by molar-refractivity contribution is -0.135. The summed E-state index contributed by atoms with van der Waals surface area (Å²) < 4.78 is 0.916. The number of rotatable bonds is 2. The minimum absolute atomic E-state index is 0.195. The normalized spacial score (nSPS) is 22.2. The summed E-state index contributed by atoms with van der Waals surface area (Å²) in [6.45, 7) is 1.92. The van der Waals surface area contributed by atoms with Crippen LogP contribution in [0.4, 0.5) is 0 Å². The molecule has 1 N–H and O–H groups in total. The molecule has 1 saturated heterocycles. The SMILES string of the molecule is Cc1csc(C2CC(=O)NC(=O)C2c2cccc(Br)c2)n1. The second-order valence-electron chi connectivity index (χ2n) is 5.08. The molecule has 4 nitrogen and oxygen atoms in total. The molecule has 0 bridgehead atoms. The lowest BCUT2D eigenvalue weighted by Gasteiger charge is -2.29. The minimum Gasteiger partial charge on any atom is -0.296 e. The Morgan fingerprint density at radius 1 is 1.38 bits per heavy atom. The third kappa shape index (κ3) is 2.91. The Kier molecular flexibility index (Phi) is 3.91. The fourth-order valence-electron chi connectivity index (χ4n) is 2.62. The number of carbonyl (C=O) groups is 2. The number of piperidine rings is 1. The molecule has 0 aliphatic carbocycles. The highest BCUT2D eigenvalue weighted by atomic mass is 79.9. The van der Waals surface area contributed by atoms with E-state index in [-0.39, 0.29) is 30.1 Å². The van der Waals surface area contributed by atoms with Gasteiger partial charge in [0.2, 0.25) is 11.8 Å². The summed E-state index contributed by atoms with van der Waals surface area (Å²) in [5, 5.41) is 5.23. The van der Waals surface area contributed by atoms with Crippen LogP contribution in [0.15, 0.2) is 34.1 Å². The molecule has 1 aliphatic heterocycles.